The van der Waals surface area contributed by atoms with Gasteiger partial charge in [-0.3, -0.25) is 0 Å². The van der Waals surface area contributed by atoms with Gasteiger partial charge < -0.3 is 19.9 Å². The number of fused-ring (bicyclic) bond motifs is 1. The molecule has 4 nitrogen and oxygen atoms in total. The normalized spacial score (nSPS) is 14.1. The van der Waals surface area contributed by atoms with Crippen molar-refractivity contribution in [2.75, 3.05) is 6.79 Å². The van der Waals surface area contributed by atoms with Crippen LogP contribution in [0.15, 0.2) is 42.5 Å². The largest absolute Gasteiger partial charge is 0.573 e. The van der Waals surface area contributed by atoms with Crippen molar-refractivity contribution >= 4 is 12.4 Å². The number of hydrogen-bond donors (Lipinski definition) is 1. The van der Waals surface area contributed by atoms with Crippen LogP contribution in [-0.4, -0.2) is 13.2 Å². The first-order chi connectivity index (χ1) is 10.4. The summed E-state index contributed by atoms with van der Waals surface area (Å²) < 4.78 is 50.7. The Labute approximate surface area is 136 Å². The summed E-state index contributed by atoms with van der Waals surface area (Å²) in [5, 5.41) is 0. The van der Waals surface area contributed by atoms with Crippen molar-refractivity contribution < 1.29 is 27.4 Å². The van der Waals surface area contributed by atoms with Crippen LogP contribution < -0.4 is 19.9 Å². The maximum absolute atomic E-state index is 12.1. The smallest absolute Gasteiger partial charge is 0.454 e. The average molecular weight is 348 g/mol. The van der Waals surface area contributed by atoms with E-state index in [0.29, 0.717) is 17.1 Å². The molecule has 23 heavy (non-hydrogen) atoms. The molecular formula is C15H13ClF3NO3. The first-order valence-corrected chi connectivity index (χ1v) is 6.43. The van der Waals surface area contributed by atoms with Crippen molar-refractivity contribution in [3.63, 3.8) is 0 Å². The van der Waals surface area contributed by atoms with Crippen LogP contribution in [0.4, 0.5) is 13.2 Å². The summed E-state index contributed by atoms with van der Waals surface area (Å²) in [6.07, 6.45) is -4.71. The Kier molecular flexibility index (Phi) is 4.91. The summed E-state index contributed by atoms with van der Waals surface area (Å²) in [6.45, 7) is 0.164. The molecule has 2 N–H and O–H groups in total. The number of rotatable bonds is 3. The highest BCUT2D eigenvalue weighted by Gasteiger charge is 2.31. The molecule has 0 unspecified atom stereocenters. The van der Waals surface area contributed by atoms with Crippen molar-refractivity contribution in [3.8, 4) is 17.2 Å². The molecule has 8 heteroatoms. The molecule has 1 aliphatic heterocycles. The lowest BCUT2D eigenvalue weighted by Crippen LogP contribution is -2.17. The van der Waals surface area contributed by atoms with Crippen molar-refractivity contribution in [1.82, 2.24) is 0 Å². The maximum atomic E-state index is 12.1. The summed E-state index contributed by atoms with van der Waals surface area (Å²) in [5.74, 6) is 0.962. The van der Waals surface area contributed by atoms with E-state index in [1.807, 2.05) is 0 Å². The fourth-order valence-corrected chi connectivity index (χ4v) is 2.18. The molecule has 0 aliphatic carbocycles. The van der Waals surface area contributed by atoms with E-state index in [1.54, 1.807) is 18.2 Å². The van der Waals surface area contributed by atoms with Gasteiger partial charge in [-0.1, -0.05) is 18.2 Å². The Balaban J connectivity index is 0.00000192. The molecule has 0 spiro atoms. The zero-order valence-electron chi connectivity index (χ0n) is 11.7. The highest BCUT2D eigenvalue weighted by atomic mass is 35.5. The summed E-state index contributed by atoms with van der Waals surface area (Å²) in [7, 11) is 0. The molecule has 0 amide bonds. The third-order valence-corrected chi connectivity index (χ3v) is 3.23. The fraction of sp³-hybridized carbons (Fsp3) is 0.200. The van der Waals surface area contributed by atoms with E-state index < -0.39 is 12.4 Å². The molecule has 0 saturated heterocycles. The SMILES string of the molecule is Cl.N[C@@H](c1ccc(OC(F)(F)F)cc1)c1ccc2c(c1)OCO2. The molecule has 0 fully saturated rings. The number of ether oxygens (including phenoxy) is 3. The predicted molar refractivity (Wildman–Crippen MR) is 79.0 cm³/mol. The van der Waals surface area contributed by atoms with Gasteiger partial charge in [-0.15, -0.1) is 25.6 Å². The molecule has 1 atom stereocenters. The van der Waals surface area contributed by atoms with Gasteiger partial charge in [-0.25, -0.2) is 0 Å². The van der Waals surface area contributed by atoms with Gasteiger partial charge in [0, 0.05) is 0 Å². The Morgan fingerprint density at radius 3 is 2.22 bits per heavy atom. The molecule has 1 aliphatic rings. The monoisotopic (exact) mass is 347 g/mol. The van der Waals surface area contributed by atoms with Crippen LogP contribution in [0.5, 0.6) is 17.2 Å². The van der Waals surface area contributed by atoms with Gasteiger partial charge in [-0.2, -0.15) is 0 Å². The van der Waals surface area contributed by atoms with Gasteiger partial charge in [0.25, 0.3) is 0 Å². The number of benzene rings is 2. The summed E-state index contributed by atoms with van der Waals surface area (Å²) in [4.78, 5) is 0. The van der Waals surface area contributed by atoms with E-state index in [2.05, 4.69) is 4.74 Å². The zero-order chi connectivity index (χ0) is 15.7. The van der Waals surface area contributed by atoms with Gasteiger partial charge in [0.15, 0.2) is 11.5 Å². The highest BCUT2D eigenvalue weighted by molar-refractivity contribution is 5.85. The van der Waals surface area contributed by atoms with E-state index in [-0.39, 0.29) is 24.9 Å². The predicted octanol–water partition coefficient (Wildman–Crippen LogP) is 3.78. The van der Waals surface area contributed by atoms with Crippen LogP contribution in [0.2, 0.25) is 0 Å². The van der Waals surface area contributed by atoms with Gasteiger partial charge in [0.2, 0.25) is 6.79 Å². The van der Waals surface area contributed by atoms with Crippen LogP contribution >= 0.6 is 12.4 Å². The zero-order valence-corrected chi connectivity index (χ0v) is 12.5. The van der Waals surface area contributed by atoms with Gasteiger partial charge in [0.05, 0.1) is 6.04 Å². The number of alkyl halides is 3. The minimum absolute atomic E-state index is 0. The Bertz CT molecular complexity index is 677. The molecular weight excluding hydrogens is 335 g/mol. The molecule has 0 aromatic heterocycles. The maximum Gasteiger partial charge on any atom is 0.573 e. The van der Waals surface area contributed by atoms with Crippen LogP contribution in [0.3, 0.4) is 0 Å². The molecule has 1 heterocycles. The van der Waals surface area contributed by atoms with Crippen LogP contribution in [0.25, 0.3) is 0 Å². The van der Waals surface area contributed by atoms with E-state index in [0.717, 1.165) is 5.56 Å². The van der Waals surface area contributed by atoms with Gasteiger partial charge in [0.1, 0.15) is 5.75 Å². The minimum Gasteiger partial charge on any atom is -0.454 e. The number of hydrogen-bond acceptors (Lipinski definition) is 4. The third kappa shape index (κ3) is 4.00. The second-order valence-corrected chi connectivity index (χ2v) is 4.71. The first kappa shape index (κ1) is 17.2. The molecule has 0 bridgehead atoms. The number of halogens is 4. The molecule has 0 saturated carbocycles. The standard InChI is InChI=1S/C15H12F3NO3.ClH/c16-15(17,18)22-11-4-1-9(2-5-11)14(19)10-3-6-12-13(7-10)21-8-20-12;/h1-7,14H,8,19H2;1H/t14-;/m0./s1. The Hall–Kier alpha value is -2.12. The second-order valence-electron chi connectivity index (χ2n) is 4.71. The second kappa shape index (κ2) is 6.55. The van der Waals surface area contributed by atoms with Crippen LogP contribution in [0, 0.1) is 0 Å². The lowest BCUT2D eigenvalue weighted by molar-refractivity contribution is -0.274. The third-order valence-electron chi connectivity index (χ3n) is 3.23. The Morgan fingerprint density at radius 1 is 0.957 bits per heavy atom. The lowest BCUT2D eigenvalue weighted by Gasteiger charge is -2.14. The fourth-order valence-electron chi connectivity index (χ4n) is 2.18. The quantitative estimate of drug-likeness (QED) is 0.918. The topological polar surface area (TPSA) is 53.7 Å². The summed E-state index contributed by atoms with van der Waals surface area (Å²) >= 11 is 0. The van der Waals surface area contributed by atoms with Gasteiger partial charge in [-0.05, 0) is 35.4 Å². The molecule has 0 radical (unpaired) electrons. The van der Waals surface area contributed by atoms with Crippen LogP contribution in [0.1, 0.15) is 17.2 Å². The summed E-state index contributed by atoms with van der Waals surface area (Å²) in [6, 6.07) is 10.3. The Morgan fingerprint density at radius 2 is 1.57 bits per heavy atom. The van der Waals surface area contributed by atoms with E-state index in [9.17, 15) is 13.2 Å². The van der Waals surface area contributed by atoms with E-state index in [4.69, 9.17) is 15.2 Å². The van der Waals surface area contributed by atoms with E-state index >= 15 is 0 Å². The highest BCUT2D eigenvalue weighted by Crippen LogP contribution is 2.35. The lowest BCUT2D eigenvalue weighted by atomic mass is 9.99. The molecule has 2 aromatic carbocycles. The van der Waals surface area contributed by atoms with Gasteiger partial charge >= 0.3 is 6.36 Å². The van der Waals surface area contributed by atoms with Crippen molar-refractivity contribution in [2.24, 2.45) is 5.73 Å². The summed E-state index contributed by atoms with van der Waals surface area (Å²) in [5.41, 5.74) is 7.56. The first-order valence-electron chi connectivity index (χ1n) is 6.43. The van der Waals surface area contributed by atoms with Crippen molar-refractivity contribution in [2.45, 2.75) is 12.4 Å². The van der Waals surface area contributed by atoms with E-state index in [1.165, 1.54) is 24.3 Å². The number of nitrogens with two attached hydrogens (primary N) is 1. The van der Waals surface area contributed by atoms with Crippen molar-refractivity contribution in [3.05, 3.63) is 53.6 Å². The molecule has 3 rings (SSSR count). The average Bonchev–Trinajstić information content (AvgIpc) is 2.93. The van der Waals surface area contributed by atoms with Crippen LogP contribution in [-0.2, 0) is 0 Å². The minimum atomic E-state index is -4.71. The molecule has 2 aromatic rings. The molecule has 124 valence electrons. The van der Waals surface area contributed by atoms with Crippen molar-refractivity contribution in [1.29, 1.82) is 0 Å².